The highest BCUT2D eigenvalue weighted by Crippen LogP contribution is 2.23. The number of allylic oxidation sites excluding steroid dienone is 2. The van der Waals surface area contributed by atoms with Gasteiger partial charge in [-0.25, -0.2) is 4.79 Å². The van der Waals surface area contributed by atoms with Crippen LogP contribution < -0.4 is 0 Å². The molecule has 74 valence electrons. The number of carbonyl (C=O) groups is 2. The fraction of sp³-hybridized carbons (Fsp3) is 0.400. The molecule has 0 aliphatic heterocycles. The molecule has 0 amide bonds. The number of rotatable bonds is 2. The first-order valence-corrected chi connectivity index (χ1v) is 4.16. The minimum absolute atomic E-state index is 0.00440. The summed E-state index contributed by atoms with van der Waals surface area (Å²) < 4.78 is 9.29. The maximum Gasteiger partial charge on any atom is 0.514 e. The summed E-state index contributed by atoms with van der Waals surface area (Å²) in [4.78, 5) is 22.0. The summed E-state index contributed by atoms with van der Waals surface area (Å²) in [7, 11) is 0. The molecule has 0 aromatic heterocycles. The average Bonchev–Trinajstić information content (AvgIpc) is 2.46. The lowest BCUT2D eigenvalue weighted by molar-refractivity contribution is -0.114. The summed E-state index contributed by atoms with van der Waals surface area (Å²) >= 11 is 0. The first kappa shape index (κ1) is 10.3. The van der Waals surface area contributed by atoms with Gasteiger partial charge >= 0.3 is 6.16 Å². The van der Waals surface area contributed by atoms with Crippen molar-refractivity contribution in [2.75, 3.05) is 6.61 Å². The quantitative estimate of drug-likeness (QED) is 0.492. The van der Waals surface area contributed by atoms with Crippen LogP contribution in [-0.2, 0) is 14.3 Å². The van der Waals surface area contributed by atoms with Crippen molar-refractivity contribution < 1.29 is 19.1 Å². The summed E-state index contributed by atoms with van der Waals surface area (Å²) in [6, 6.07) is 0. The fourth-order valence-corrected chi connectivity index (χ4v) is 1.12. The Kier molecular flexibility index (Phi) is 3.29. The first-order chi connectivity index (χ1) is 6.65. The second-order valence-corrected chi connectivity index (χ2v) is 2.82. The van der Waals surface area contributed by atoms with Crippen LogP contribution in [0.1, 0.15) is 19.8 Å². The molecule has 0 saturated carbocycles. The van der Waals surface area contributed by atoms with E-state index in [1.807, 2.05) is 0 Å². The lowest BCUT2D eigenvalue weighted by Gasteiger charge is -2.04. The lowest BCUT2D eigenvalue weighted by atomic mass is 10.2. The Bertz CT molecular complexity index is 333. The highest BCUT2D eigenvalue weighted by Gasteiger charge is 2.22. The maximum atomic E-state index is 11.1. The second-order valence-electron chi connectivity index (χ2n) is 2.82. The Morgan fingerprint density at radius 3 is 2.79 bits per heavy atom. The van der Waals surface area contributed by atoms with Crippen LogP contribution in [0.15, 0.2) is 11.3 Å². The second kappa shape index (κ2) is 4.47. The molecule has 1 rings (SSSR count). The summed E-state index contributed by atoms with van der Waals surface area (Å²) in [5, 5.41) is 0. The number of hydrogen-bond donors (Lipinski definition) is 0. The minimum atomic E-state index is -0.855. The topological polar surface area (TPSA) is 52.6 Å². The molecular formula is C10H10O4. The Labute approximate surface area is 81.9 Å². The van der Waals surface area contributed by atoms with Gasteiger partial charge in [-0.1, -0.05) is 5.92 Å². The number of carbonyl (C=O) groups excluding carboxylic acids is 2. The SMILES string of the molecule is C#CCOC(=O)OC1=C(C)C(=O)CC1. The number of hydrogen-bond acceptors (Lipinski definition) is 4. The molecule has 0 N–H and O–H groups in total. The molecule has 1 aliphatic carbocycles. The Hall–Kier alpha value is -1.76. The van der Waals surface area contributed by atoms with Gasteiger partial charge < -0.3 is 9.47 Å². The smallest absolute Gasteiger partial charge is 0.421 e. The van der Waals surface area contributed by atoms with E-state index in [-0.39, 0.29) is 12.4 Å². The van der Waals surface area contributed by atoms with Crippen molar-refractivity contribution >= 4 is 11.9 Å². The normalized spacial score (nSPS) is 15.3. The van der Waals surface area contributed by atoms with Gasteiger partial charge in [0.05, 0.1) is 0 Å². The molecule has 0 aromatic carbocycles. The van der Waals surface area contributed by atoms with Gasteiger partial charge in [0.1, 0.15) is 5.76 Å². The van der Waals surface area contributed by atoms with Crippen molar-refractivity contribution in [3.05, 3.63) is 11.3 Å². The standard InChI is InChI=1S/C10H10O4/c1-3-6-13-10(12)14-9-5-4-8(11)7(9)2/h1H,4-6H2,2H3. The van der Waals surface area contributed by atoms with E-state index >= 15 is 0 Å². The zero-order valence-electron chi connectivity index (χ0n) is 7.83. The summed E-state index contributed by atoms with van der Waals surface area (Å²) in [6.07, 6.45) is 4.88. The highest BCUT2D eigenvalue weighted by atomic mass is 16.7. The zero-order valence-corrected chi connectivity index (χ0v) is 7.83. The molecule has 0 bridgehead atoms. The van der Waals surface area contributed by atoms with E-state index in [4.69, 9.17) is 11.2 Å². The van der Waals surface area contributed by atoms with Gasteiger partial charge in [-0.15, -0.1) is 6.42 Å². The molecule has 0 fully saturated rings. The summed E-state index contributed by atoms with van der Waals surface area (Å²) in [5.74, 6) is 2.53. The number of ether oxygens (including phenoxy) is 2. The third kappa shape index (κ3) is 2.36. The maximum absolute atomic E-state index is 11.1. The highest BCUT2D eigenvalue weighted by molar-refractivity contribution is 5.98. The molecule has 0 heterocycles. The van der Waals surface area contributed by atoms with Crippen LogP contribution in [0.2, 0.25) is 0 Å². The number of Topliss-reactive ketones (excluding diaryl/α,β-unsaturated/α-hetero) is 1. The van der Waals surface area contributed by atoms with Crippen molar-refractivity contribution in [1.82, 2.24) is 0 Å². The molecule has 0 spiro atoms. The van der Waals surface area contributed by atoms with Crippen LogP contribution in [0.4, 0.5) is 4.79 Å². The largest absolute Gasteiger partial charge is 0.514 e. The summed E-state index contributed by atoms with van der Waals surface area (Å²) in [5.41, 5.74) is 0.489. The molecule has 0 radical (unpaired) electrons. The van der Waals surface area contributed by atoms with E-state index in [9.17, 15) is 9.59 Å². The van der Waals surface area contributed by atoms with E-state index in [2.05, 4.69) is 10.7 Å². The third-order valence-corrected chi connectivity index (χ3v) is 1.90. The number of ketones is 1. The molecule has 0 unspecified atom stereocenters. The van der Waals surface area contributed by atoms with E-state index < -0.39 is 6.16 Å². The average molecular weight is 194 g/mol. The first-order valence-electron chi connectivity index (χ1n) is 4.16. The predicted octanol–water partition coefficient (Wildman–Crippen LogP) is 1.41. The van der Waals surface area contributed by atoms with E-state index in [0.29, 0.717) is 24.2 Å². The van der Waals surface area contributed by atoms with Crippen molar-refractivity contribution in [3.8, 4) is 12.3 Å². The van der Waals surface area contributed by atoms with Gasteiger partial charge in [0.2, 0.25) is 0 Å². The predicted molar refractivity (Wildman–Crippen MR) is 48.2 cm³/mol. The van der Waals surface area contributed by atoms with Crippen LogP contribution >= 0.6 is 0 Å². The monoisotopic (exact) mass is 194 g/mol. The van der Waals surface area contributed by atoms with E-state index in [1.165, 1.54) is 0 Å². The van der Waals surface area contributed by atoms with Gasteiger partial charge in [0.25, 0.3) is 0 Å². The van der Waals surface area contributed by atoms with Crippen LogP contribution in [0.3, 0.4) is 0 Å². The van der Waals surface area contributed by atoms with Gasteiger partial charge in [-0.2, -0.15) is 0 Å². The summed E-state index contributed by atoms with van der Waals surface area (Å²) in [6.45, 7) is 1.50. The molecule has 1 aliphatic rings. The van der Waals surface area contributed by atoms with Crippen molar-refractivity contribution in [1.29, 1.82) is 0 Å². The molecule has 4 nitrogen and oxygen atoms in total. The number of terminal acetylenes is 1. The molecule has 0 aromatic rings. The Morgan fingerprint density at radius 1 is 1.57 bits per heavy atom. The molecule has 14 heavy (non-hydrogen) atoms. The Balaban J connectivity index is 2.49. The zero-order chi connectivity index (χ0) is 10.6. The van der Waals surface area contributed by atoms with Gasteiger partial charge in [0.15, 0.2) is 12.4 Å². The van der Waals surface area contributed by atoms with Crippen LogP contribution in [-0.4, -0.2) is 18.5 Å². The van der Waals surface area contributed by atoms with Crippen molar-refractivity contribution in [2.24, 2.45) is 0 Å². The van der Waals surface area contributed by atoms with Gasteiger partial charge in [-0.3, -0.25) is 4.79 Å². The molecular weight excluding hydrogens is 184 g/mol. The lowest BCUT2D eigenvalue weighted by Crippen LogP contribution is -2.07. The van der Waals surface area contributed by atoms with Gasteiger partial charge in [-0.05, 0) is 6.92 Å². The molecule has 0 saturated heterocycles. The van der Waals surface area contributed by atoms with Crippen LogP contribution in [0.5, 0.6) is 0 Å². The third-order valence-electron chi connectivity index (χ3n) is 1.90. The van der Waals surface area contributed by atoms with E-state index in [0.717, 1.165) is 0 Å². The van der Waals surface area contributed by atoms with Gasteiger partial charge in [0, 0.05) is 18.4 Å². The van der Waals surface area contributed by atoms with E-state index in [1.54, 1.807) is 6.92 Å². The fourth-order valence-electron chi connectivity index (χ4n) is 1.12. The van der Waals surface area contributed by atoms with Crippen LogP contribution in [0, 0.1) is 12.3 Å². The van der Waals surface area contributed by atoms with Crippen LogP contribution in [0.25, 0.3) is 0 Å². The van der Waals surface area contributed by atoms with Crippen molar-refractivity contribution in [2.45, 2.75) is 19.8 Å². The minimum Gasteiger partial charge on any atom is -0.421 e. The molecule has 4 heteroatoms. The Morgan fingerprint density at radius 2 is 2.29 bits per heavy atom. The molecule has 0 atom stereocenters. The van der Waals surface area contributed by atoms with Crippen molar-refractivity contribution in [3.63, 3.8) is 0 Å².